The molecule has 14 heavy (non-hydrogen) atoms. The Balaban J connectivity index is 2.50. The van der Waals surface area contributed by atoms with E-state index in [1.54, 1.807) is 18.2 Å². The van der Waals surface area contributed by atoms with Gasteiger partial charge in [0.05, 0.1) is 10.7 Å². The topological polar surface area (TPSA) is 3.24 Å². The standard InChI is InChI=1S/C9H6F3NS/c10-9(11,12)13-7-4-2-1-3-6(7)5-8(13)14/h1-4H,5H2. The van der Waals surface area contributed by atoms with Gasteiger partial charge >= 0.3 is 6.30 Å². The molecule has 0 saturated heterocycles. The van der Waals surface area contributed by atoms with Crippen molar-refractivity contribution in [3.05, 3.63) is 29.8 Å². The average molecular weight is 217 g/mol. The zero-order valence-corrected chi connectivity index (χ0v) is 7.82. The van der Waals surface area contributed by atoms with Crippen LogP contribution in [0.3, 0.4) is 0 Å². The number of hydrogen-bond donors (Lipinski definition) is 0. The summed E-state index contributed by atoms with van der Waals surface area (Å²) in [6, 6.07) is 6.38. The first-order chi connectivity index (χ1) is 6.50. The van der Waals surface area contributed by atoms with Gasteiger partial charge in [-0.1, -0.05) is 30.4 Å². The number of rotatable bonds is 0. The molecule has 0 radical (unpaired) electrons. The van der Waals surface area contributed by atoms with Crippen LogP contribution in [-0.4, -0.2) is 11.3 Å². The Morgan fingerprint density at radius 2 is 1.86 bits per heavy atom. The zero-order chi connectivity index (χ0) is 10.3. The maximum Gasteiger partial charge on any atom is 0.489 e. The third-order valence-electron chi connectivity index (χ3n) is 2.08. The normalized spacial score (nSPS) is 15.9. The fourth-order valence-corrected chi connectivity index (χ4v) is 1.89. The summed E-state index contributed by atoms with van der Waals surface area (Å²) in [5.74, 6) is 0. The summed E-state index contributed by atoms with van der Waals surface area (Å²) in [7, 11) is 0. The van der Waals surface area contributed by atoms with Crippen molar-refractivity contribution in [2.24, 2.45) is 0 Å². The lowest BCUT2D eigenvalue weighted by atomic mass is 10.2. The third kappa shape index (κ3) is 1.37. The van der Waals surface area contributed by atoms with Crippen LogP contribution in [0.2, 0.25) is 0 Å². The van der Waals surface area contributed by atoms with Crippen molar-refractivity contribution < 1.29 is 13.2 Å². The highest BCUT2D eigenvalue weighted by Gasteiger charge is 2.44. The second-order valence-corrected chi connectivity index (χ2v) is 3.47. The van der Waals surface area contributed by atoms with E-state index < -0.39 is 6.30 Å². The predicted molar refractivity (Wildman–Crippen MR) is 51.3 cm³/mol. The molecule has 0 N–H and O–H groups in total. The monoisotopic (exact) mass is 217 g/mol. The smallest absolute Gasteiger partial charge is 0.246 e. The van der Waals surface area contributed by atoms with E-state index in [2.05, 4.69) is 0 Å². The van der Waals surface area contributed by atoms with Crippen LogP contribution >= 0.6 is 12.2 Å². The van der Waals surface area contributed by atoms with Crippen molar-refractivity contribution in [3.8, 4) is 0 Å². The second kappa shape index (κ2) is 2.95. The molecule has 5 heteroatoms. The van der Waals surface area contributed by atoms with Gasteiger partial charge < -0.3 is 0 Å². The van der Waals surface area contributed by atoms with Crippen molar-refractivity contribution >= 4 is 22.9 Å². The molecule has 2 rings (SSSR count). The van der Waals surface area contributed by atoms with Gasteiger partial charge in [-0.05, 0) is 11.6 Å². The van der Waals surface area contributed by atoms with E-state index in [0.29, 0.717) is 5.56 Å². The van der Waals surface area contributed by atoms with E-state index in [4.69, 9.17) is 12.2 Å². The maximum atomic E-state index is 12.5. The van der Waals surface area contributed by atoms with Gasteiger partial charge in [0.15, 0.2) is 0 Å². The molecule has 0 amide bonds. The van der Waals surface area contributed by atoms with Crippen LogP contribution in [0.25, 0.3) is 0 Å². The van der Waals surface area contributed by atoms with Crippen molar-refractivity contribution in [1.82, 2.24) is 0 Å². The third-order valence-corrected chi connectivity index (χ3v) is 2.40. The second-order valence-electron chi connectivity index (χ2n) is 3.00. The van der Waals surface area contributed by atoms with Gasteiger partial charge in [-0.25, -0.2) is 4.90 Å². The number of hydrogen-bond acceptors (Lipinski definition) is 1. The predicted octanol–water partition coefficient (Wildman–Crippen LogP) is 2.90. The molecule has 0 aromatic heterocycles. The summed E-state index contributed by atoms with van der Waals surface area (Å²) in [6.45, 7) is 0. The Morgan fingerprint density at radius 1 is 1.21 bits per heavy atom. The molecule has 1 aromatic carbocycles. The van der Waals surface area contributed by atoms with Crippen LogP contribution in [0, 0.1) is 0 Å². The zero-order valence-electron chi connectivity index (χ0n) is 7.01. The van der Waals surface area contributed by atoms with Gasteiger partial charge in [0.1, 0.15) is 0 Å². The van der Waals surface area contributed by atoms with Gasteiger partial charge in [-0.15, -0.1) is 13.2 Å². The van der Waals surface area contributed by atoms with Gasteiger partial charge in [-0.2, -0.15) is 0 Å². The molecule has 1 heterocycles. The van der Waals surface area contributed by atoms with Crippen LogP contribution in [-0.2, 0) is 6.42 Å². The molecule has 1 aromatic rings. The Morgan fingerprint density at radius 3 is 2.50 bits per heavy atom. The fourth-order valence-electron chi connectivity index (χ4n) is 1.53. The number of para-hydroxylation sites is 1. The summed E-state index contributed by atoms with van der Waals surface area (Å²) in [5.41, 5.74) is 0.792. The molecule has 0 unspecified atom stereocenters. The molecule has 0 aliphatic carbocycles. The number of benzene rings is 1. The molecule has 1 aliphatic heterocycles. The maximum absolute atomic E-state index is 12.5. The minimum atomic E-state index is -4.41. The molecule has 0 bridgehead atoms. The summed E-state index contributed by atoms with van der Waals surface area (Å²) >= 11 is 4.70. The largest absolute Gasteiger partial charge is 0.489 e. The van der Waals surface area contributed by atoms with E-state index in [1.165, 1.54) is 6.07 Å². The lowest BCUT2D eigenvalue weighted by molar-refractivity contribution is -0.117. The molecule has 0 atom stereocenters. The Hall–Kier alpha value is -1.10. The molecule has 1 aliphatic rings. The highest BCUT2D eigenvalue weighted by atomic mass is 32.1. The number of fused-ring (bicyclic) bond motifs is 1. The first-order valence-corrected chi connectivity index (χ1v) is 4.38. The van der Waals surface area contributed by atoms with Gasteiger partial charge in [0.2, 0.25) is 0 Å². The molecular formula is C9H6F3NS. The lowest BCUT2D eigenvalue weighted by Crippen LogP contribution is -2.39. The summed E-state index contributed by atoms with van der Waals surface area (Å²) in [4.78, 5) is 0.177. The van der Waals surface area contributed by atoms with Crippen molar-refractivity contribution in [3.63, 3.8) is 0 Å². The first kappa shape index (κ1) is 9.45. The quantitative estimate of drug-likeness (QED) is 0.485. The van der Waals surface area contributed by atoms with Gasteiger partial charge in [-0.3, -0.25) is 0 Å². The molecular weight excluding hydrogens is 211 g/mol. The minimum Gasteiger partial charge on any atom is -0.246 e. The van der Waals surface area contributed by atoms with Crippen molar-refractivity contribution in [1.29, 1.82) is 0 Å². The molecule has 74 valence electrons. The molecule has 0 spiro atoms. The highest BCUT2D eigenvalue weighted by molar-refractivity contribution is 7.80. The Labute approximate surface area is 84.1 Å². The number of alkyl halides is 3. The van der Waals surface area contributed by atoms with E-state index in [0.717, 1.165) is 0 Å². The Bertz CT molecular complexity index is 386. The van der Waals surface area contributed by atoms with E-state index in [1.807, 2.05) is 0 Å². The highest BCUT2D eigenvalue weighted by Crippen LogP contribution is 2.37. The van der Waals surface area contributed by atoms with Gasteiger partial charge in [0.25, 0.3) is 0 Å². The fraction of sp³-hybridized carbons (Fsp3) is 0.222. The number of halogens is 3. The minimum absolute atomic E-state index is 0.0845. The summed E-state index contributed by atoms with van der Waals surface area (Å²) < 4.78 is 37.6. The van der Waals surface area contributed by atoms with Crippen molar-refractivity contribution in [2.75, 3.05) is 4.90 Å². The van der Waals surface area contributed by atoms with Gasteiger partial charge in [0, 0.05) is 6.42 Å². The summed E-state index contributed by atoms with van der Waals surface area (Å²) in [5, 5.41) is 0. The SMILES string of the molecule is FC(F)(F)N1C(=S)Cc2ccccc21. The van der Waals surface area contributed by atoms with Crippen LogP contribution in [0.15, 0.2) is 24.3 Å². The van der Waals surface area contributed by atoms with Crippen LogP contribution in [0.5, 0.6) is 0 Å². The summed E-state index contributed by atoms with van der Waals surface area (Å²) in [6.07, 6.45) is -4.21. The Kier molecular flexibility index (Phi) is 1.99. The average Bonchev–Trinajstić information content (AvgIpc) is 2.38. The molecule has 0 saturated carbocycles. The van der Waals surface area contributed by atoms with E-state index in [9.17, 15) is 13.2 Å². The van der Waals surface area contributed by atoms with Crippen LogP contribution in [0.4, 0.5) is 18.9 Å². The van der Waals surface area contributed by atoms with E-state index in [-0.39, 0.29) is 22.0 Å². The van der Waals surface area contributed by atoms with E-state index >= 15 is 0 Å². The molecule has 1 nitrogen and oxygen atoms in total. The number of thiocarbonyl (C=S) groups is 1. The number of nitrogens with zero attached hydrogens (tertiary/aromatic N) is 1. The van der Waals surface area contributed by atoms with Crippen molar-refractivity contribution in [2.45, 2.75) is 12.7 Å². The first-order valence-electron chi connectivity index (χ1n) is 3.98. The lowest BCUT2D eigenvalue weighted by Gasteiger charge is -2.21. The number of anilines is 1. The van der Waals surface area contributed by atoms with Crippen LogP contribution in [0.1, 0.15) is 5.56 Å². The van der Waals surface area contributed by atoms with Crippen LogP contribution < -0.4 is 4.90 Å². The molecule has 0 fully saturated rings.